The van der Waals surface area contributed by atoms with E-state index in [4.69, 9.17) is 0 Å². The van der Waals surface area contributed by atoms with Crippen molar-refractivity contribution in [3.63, 3.8) is 0 Å². The number of nitrogens with zero attached hydrogens (tertiary/aromatic N) is 1. The number of hydrogen-bond acceptors (Lipinski definition) is 5. The van der Waals surface area contributed by atoms with Crippen molar-refractivity contribution in [2.75, 3.05) is 13.1 Å². The van der Waals surface area contributed by atoms with E-state index in [1.807, 2.05) is 0 Å². The second kappa shape index (κ2) is 10.7. The van der Waals surface area contributed by atoms with Gasteiger partial charge in [0.05, 0.1) is 4.90 Å². The van der Waals surface area contributed by atoms with Crippen molar-refractivity contribution < 1.29 is 57.9 Å². The fraction of sp³-hybridized carbons (Fsp3) is 0.464. The lowest BCUT2D eigenvalue weighted by Crippen LogP contribution is -2.51. The lowest BCUT2D eigenvalue weighted by Gasteiger charge is -2.36. The van der Waals surface area contributed by atoms with Gasteiger partial charge in [0, 0.05) is 24.6 Å². The second-order valence-electron chi connectivity index (χ2n) is 11.5. The molecule has 1 aliphatic carbocycles. The summed E-state index contributed by atoms with van der Waals surface area (Å²) in [7, 11) is -4.60. The quantitative estimate of drug-likeness (QED) is 0.271. The highest BCUT2D eigenvalue weighted by Gasteiger charge is 2.73. The van der Waals surface area contributed by atoms with Gasteiger partial charge in [0.2, 0.25) is 5.91 Å². The average molecular weight is 668 g/mol. The van der Waals surface area contributed by atoms with Crippen LogP contribution in [0.4, 0.5) is 39.9 Å². The van der Waals surface area contributed by atoms with Crippen molar-refractivity contribution in [3.8, 4) is 0 Å². The molecule has 0 bridgehead atoms. The first kappa shape index (κ1) is 32.6. The molecule has 2 aromatic carbocycles. The fourth-order valence-corrected chi connectivity index (χ4v) is 8.48. The third-order valence-corrected chi connectivity index (χ3v) is 11.5. The van der Waals surface area contributed by atoms with Gasteiger partial charge in [-0.15, -0.1) is 0 Å². The zero-order valence-electron chi connectivity index (χ0n) is 23.1. The molecule has 17 heteroatoms. The first-order valence-electron chi connectivity index (χ1n) is 13.6. The van der Waals surface area contributed by atoms with Gasteiger partial charge >= 0.3 is 24.1 Å². The summed E-state index contributed by atoms with van der Waals surface area (Å²) in [5.41, 5.74) is -9.03. The Morgan fingerprint density at radius 1 is 0.844 bits per heavy atom. The van der Waals surface area contributed by atoms with E-state index >= 15 is 0 Å². The van der Waals surface area contributed by atoms with Crippen LogP contribution in [-0.4, -0.2) is 62.1 Å². The van der Waals surface area contributed by atoms with E-state index in [1.165, 1.54) is 4.90 Å². The van der Waals surface area contributed by atoms with E-state index in [0.29, 0.717) is 12.1 Å². The molecule has 45 heavy (non-hydrogen) atoms. The number of carbonyl (C=O) groups is 3. The molecule has 2 aliphatic heterocycles. The third-order valence-electron chi connectivity index (χ3n) is 8.97. The van der Waals surface area contributed by atoms with Crippen molar-refractivity contribution in [2.45, 2.75) is 65.3 Å². The Labute approximate surface area is 251 Å². The molecule has 3 aliphatic rings. The number of benzene rings is 2. The molecule has 2 saturated heterocycles. The molecular formula is C28H25F8N3O5S. The van der Waals surface area contributed by atoms with Gasteiger partial charge in [0.25, 0.3) is 5.91 Å². The molecule has 1 spiro atoms. The Balaban J connectivity index is 1.49. The van der Waals surface area contributed by atoms with Crippen molar-refractivity contribution in [2.24, 2.45) is 5.92 Å². The summed E-state index contributed by atoms with van der Waals surface area (Å²) < 4.78 is 134. The number of imide groups is 1. The van der Waals surface area contributed by atoms with Crippen LogP contribution in [0.1, 0.15) is 43.2 Å². The lowest BCUT2D eigenvalue weighted by molar-refractivity contribution is -0.348. The van der Waals surface area contributed by atoms with Gasteiger partial charge in [-0.05, 0) is 61.9 Å². The predicted molar refractivity (Wildman–Crippen MR) is 139 cm³/mol. The van der Waals surface area contributed by atoms with E-state index in [-0.39, 0.29) is 56.3 Å². The molecule has 1 saturated carbocycles. The van der Waals surface area contributed by atoms with Gasteiger partial charge in [-0.3, -0.25) is 14.9 Å². The third kappa shape index (κ3) is 5.12. The van der Waals surface area contributed by atoms with E-state index in [2.05, 4.69) is 10.6 Å². The lowest BCUT2D eigenvalue weighted by atomic mass is 9.76. The zero-order valence-corrected chi connectivity index (χ0v) is 23.9. The Kier molecular flexibility index (Phi) is 7.73. The Morgan fingerprint density at radius 2 is 1.40 bits per heavy atom. The smallest absolute Gasteiger partial charge is 0.340 e. The predicted octanol–water partition coefficient (Wildman–Crippen LogP) is 4.79. The number of hydrogen-bond donors (Lipinski definition) is 2. The molecule has 0 radical (unpaired) electrons. The van der Waals surface area contributed by atoms with Crippen molar-refractivity contribution >= 4 is 27.7 Å². The van der Waals surface area contributed by atoms with Gasteiger partial charge in [0.1, 0.15) is 16.1 Å². The standard InChI is InChI=1S/C28H25F8N3O5S/c29-19-5-7-20(8-6-19)45(43,44)25(17-1-3-18(4-2-17)26(30,27(31,32)33)28(34,35)36)13-14-39(15-25)21(40)16-9-11-24(12-10-16)22(41)37-23(42)38-24/h1-8,16H,9-15H2,(H2,37,38,41,42)/t16?,24?,25-/m0/s1. The summed E-state index contributed by atoms with van der Waals surface area (Å²) in [4.78, 5) is 38.3. The molecule has 8 nitrogen and oxygen atoms in total. The van der Waals surface area contributed by atoms with E-state index < -0.39 is 84.7 Å². The number of sulfone groups is 1. The molecule has 4 amide bonds. The zero-order chi connectivity index (χ0) is 33.2. The molecule has 2 heterocycles. The minimum absolute atomic E-state index is 0.124. The minimum Gasteiger partial charge on any atom is -0.340 e. The highest BCUT2D eigenvalue weighted by Crippen LogP contribution is 2.54. The van der Waals surface area contributed by atoms with Gasteiger partial charge in [-0.25, -0.2) is 22.0 Å². The summed E-state index contributed by atoms with van der Waals surface area (Å²) in [5, 5.41) is 4.71. The van der Waals surface area contributed by atoms with E-state index in [1.54, 1.807) is 0 Å². The number of rotatable bonds is 5. The summed E-state index contributed by atoms with van der Waals surface area (Å²) in [6.07, 6.45) is -12.6. The molecule has 0 unspecified atom stereocenters. The molecule has 5 rings (SSSR count). The summed E-state index contributed by atoms with van der Waals surface area (Å²) in [5.74, 6) is -2.49. The largest absolute Gasteiger partial charge is 0.435 e. The average Bonchev–Trinajstić information content (AvgIpc) is 3.54. The molecular weight excluding hydrogens is 642 g/mol. The van der Waals surface area contributed by atoms with Crippen molar-refractivity contribution in [1.82, 2.24) is 15.5 Å². The van der Waals surface area contributed by atoms with Crippen LogP contribution in [0.3, 0.4) is 0 Å². The summed E-state index contributed by atoms with van der Waals surface area (Å²) in [6.45, 7) is -0.749. The van der Waals surface area contributed by atoms with Crippen LogP contribution in [0, 0.1) is 11.7 Å². The Hall–Kier alpha value is -3.76. The van der Waals surface area contributed by atoms with Crippen molar-refractivity contribution in [1.29, 1.82) is 0 Å². The molecule has 244 valence electrons. The maximum Gasteiger partial charge on any atom is 0.435 e. The number of alkyl halides is 7. The molecule has 2 N–H and O–H groups in total. The monoisotopic (exact) mass is 667 g/mol. The molecule has 1 atom stereocenters. The van der Waals surface area contributed by atoms with Gasteiger partial charge in [-0.1, -0.05) is 24.3 Å². The van der Waals surface area contributed by atoms with Crippen LogP contribution in [0.25, 0.3) is 0 Å². The summed E-state index contributed by atoms with van der Waals surface area (Å²) >= 11 is 0. The van der Waals surface area contributed by atoms with Gasteiger partial charge < -0.3 is 10.2 Å². The number of likely N-dealkylation sites (tertiary alicyclic amines) is 1. The highest BCUT2D eigenvalue weighted by atomic mass is 32.2. The molecule has 3 fully saturated rings. The number of nitrogens with one attached hydrogen (secondary N) is 2. The maximum absolute atomic E-state index is 14.7. The van der Waals surface area contributed by atoms with Crippen molar-refractivity contribution in [3.05, 3.63) is 65.5 Å². The Morgan fingerprint density at radius 3 is 1.89 bits per heavy atom. The van der Waals surface area contributed by atoms with E-state index in [0.717, 1.165) is 24.3 Å². The number of halogens is 8. The topological polar surface area (TPSA) is 113 Å². The Bertz CT molecular complexity index is 1610. The maximum atomic E-state index is 14.7. The number of amides is 4. The normalized spacial score (nSPS) is 26.2. The van der Waals surface area contributed by atoms with Gasteiger partial charge in [-0.2, -0.15) is 26.3 Å². The minimum atomic E-state index is -6.39. The highest BCUT2D eigenvalue weighted by molar-refractivity contribution is 7.92. The van der Waals surface area contributed by atoms with Crippen LogP contribution in [-0.2, 0) is 29.8 Å². The van der Waals surface area contributed by atoms with Crippen LogP contribution in [0.15, 0.2) is 53.4 Å². The molecule has 2 aromatic rings. The van der Waals surface area contributed by atoms with Crippen LogP contribution >= 0.6 is 0 Å². The first-order chi connectivity index (χ1) is 20.8. The SMILES string of the molecule is O=C1NC(=O)C2(CCC(C(=O)N3CC[C@](c4ccc(C(F)(C(F)(F)F)C(F)(F)F)cc4)(S(=O)(=O)c4ccc(F)cc4)C3)CC2)N1. The second-order valence-corrected chi connectivity index (χ2v) is 13.7. The first-order valence-corrected chi connectivity index (χ1v) is 15.1. The van der Waals surface area contributed by atoms with Crippen LogP contribution < -0.4 is 10.6 Å². The van der Waals surface area contributed by atoms with Gasteiger partial charge in [0.15, 0.2) is 9.84 Å². The van der Waals surface area contributed by atoms with Crippen LogP contribution in [0.5, 0.6) is 0 Å². The number of urea groups is 1. The van der Waals surface area contributed by atoms with Crippen LogP contribution in [0.2, 0.25) is 0 Å². The van der Waals surface area contributed by atoms with E-state index in [9.17, 15) is 57.9 Å². The number of carbonyl (C=O) groups excluding carboxylic acids is 3. The fourth-order valence-electron chi connectivity index (χ4n) is 6.41. The summed E-state index contributed by atoms with van der Waals surface area (Å²) in [6, 6.07) is 4.64. The molecule has 0 aromatic heterocycles.